The second-order valence-electron chi connectivity index (χ2n) is 6.27. The SMILES string of the molecule is Cc1ccc(C2(NC(=O)Nc3cccc(C)c3C)CC2)cc1. The average molecular weight is 294 g/mol. The summed E-state index contributed by atoms with van der Waals surface area (Å²) in [5, 5.41) is 6.13. The molecule has 0 spiro atoms. The lowest BCUT2D eigenvalue weighted by Gasteiger charge is -2.19. The van der Waals surface area contributed by atoms with Gasteiger partial charge in [0.15, 0.2) is 0 Å². The molecule has 0 unspecified atom stereocenters. The van der Waals surface area contributed by atoms with E-state index in [1.165, 1.54) is 16.7 Å². The summed E-state index contributed by atoms with van der Waals surface area (Å²) in [6.45, 7) is 6.15. The molecule has 1 aliphatic rings. The van der Waals surface area contributed by atoms with Gasteiger partial charge in [0.05, 0.1) is 5.54 Å². The molecular weight excluding hydrogens is 272 g/mol. The number of carbonyl (C=O) groups is 1. The fraction of sp³-hybridized carbons (Fsp3) is 0.316. The van der Waals surface area contributed by atoms with Crippen molar-refractivity contribution in [2.24, 2.45) is 0 Å². The zero-order chi connectivity index (χ0) is 15.7. The zero-order valence-corrected chi connectivity index (χ0v) is 13.4. The Labute approximate surface area is 131 Å². The Kier molecular flexibility index (Phi) is 3.65. The minimum Gasteiger partial charge on any atom is -0.328 e. The lowest BCUT2D eigenvalue weighted by molar-refractivity contribution is 0.247. The lowest BCUT2D eigenvalue weighted by Crippen LogP contribution is -2.38. The van der Waals surface area contributed by atoms with E-state index in [0.29, 0.717) is 0 Å². The van der Waals surface area contributed by atoms with Gasteiger partial charge in [0, 0.05) is 5.69 Å². The van der Waals surface area contributed by atoms with Gasteiger partial charge in [0.25, 0.3) is 0 Å². The van der Waals surface area contributed by atoms with Crippen LogP contribution in [0.5, 0.6) is 0 Å². The van der Waals surface area contributed by atoms with Crippen molar-refractivity contribution < 1.29 is 4.79 Å². The first-order chi connectivity index (χ1) is 10.5. The van der Waals surface area contributed by atoms with E-state index in [9.17, 15) is 4.79 Å². The first-order valence-electron chi connectivity index (χ1n) is 7.73. The maximum Gasteiger partial charge on any atom is 0.319 e. The number of nitrogens with one attached hydrogen (secondary N) is 2. The third-order valence-electron chi connectivity index (χ3n) is 4.56. The van der Waals surface area contributed by atoms with Crippen LogP contribution in [0, 0.1) is 20.8 Å². The number of carbonyl (C=O) groups excluding carboxylic acids is 1. The van der Waals surface area contributed by atoms with Crippen LogP contribution in [0.25, 0.3) is 0 Å². The highest BCUT2D eigenvalue weighted by Gasteiger charge is 2.45. The summed E-state index contributed by atoms with van der Waals surface area (Å²) >= 11 is 0. The van der Waals surface area contributed by atoms with Gasteiger partial charge in [-0.2, -0.15) is 0 Å². The van der Waals surface area contributed by atoms with Crippen molar-refractivity contribution in [3.8, 4) is 0 Å². The Bertz CT molecular complexity index is 700. The molecule has 0 aromatic heterocycles. The van der Waals surface area contributed by atoms with Crippen LogP contribution in [0.3, 0.4) is 0 Å². The number of amides is 2. The van der Waals surface area contributed by atoms with Crippen molar-refractivity contribution >= 4 is 11.7 Å². The molecule has 2 amide bonds. The largest absolute Gasteiger partial charge is 0.328 e. The zero-order valence-electron chi connectivity index (χ0n) is 13.4. The summed E-state index contributed by atoms with van der Waals surface area (Å²) < 4.78 is 0. The highest BCUT2D eigenvalue weighted by atomic mass is 16.2. The van der Waals surface area contributed by atoms with Crippen LogP contribution >= 0.6 is 0 Å². The number of benzene rings is 2. The second-order valence-corrected chi connectivity index (χ2v) is 6.27. The van der Waals surface area contributed by atoms with Gasteiger partial charge in [-0.05, 0) is 56.4 Å². The fourth-order valence-electron chi connectivity index (χ4n) is 2.74. The monoisotopic (exact) mass is 294 g/mol. The molecule has 1 saturated carbocycles. The van der Waals surface area contributed by atoms with E-state index >= 15 is 0 Å². The van der Waals surface area contributed by atoms with Crippen LogP contribution < -0.4 is 10.6 Å². The predicted octanol–water partition coefficient (Wildman–Crippen LogP) is 4.42. The number of hydrogen-bond donors (Lipinski definition) is 2. The number of aryl methyl sites for hydroxylation is 2. The molecule has 114 valence electrons. The Balaban J connectivity index is 1.72. The standard InChI is InChI=1S/C19H22N2O/c1-13-7-9-16(10-8-13)19(11-12-19)21-18(22)20-17-6-4-5-14(2)15(17)3/h4-10H,11-12H2,1-3H3,(H2,20,21,22). The van der Waals surface area contributed by atoms with Crippen LogP contribution in [0.4, 0.5) is 10.5 Å². The highest BCUT2D eigenvalue weighted by Crippen LogP contribution is 2.45. The Morgan fingerprint density at radius 1 is 1.00 bits per heavy atom. The molecule has 3 heteroatoms. The third-order valence-corrected chi connectivity index (χ3v) is 4.56. The number of anilines is 1. The molecule has 2 N–H and O–H groups in total. The van der Waals surface area contributed by atoms with E-state index in [4.69, 9.17) is 0 Å². The van der Waals surface area contributed by atoms with E-state index < -0.39 is 0 Å². The quantitative estimate of drug-likeness (QED) is 0.864. The van der Waals surface area contributed by atoms with Crippen LogP contribution in [0.15, 0.2) is 42.5 Å². The minimum atomic E-state index is -0.185. The summed E-state index contributed by atoms with van der Waals surface area (Å²) in [6.07, 6.45) is 1.99. The molecule has 0 aliphatic heterocycles. The molecule has 3 rings (SSSR count). The van der Waals surface area contributed by atoms with Gasteiger partial charge < -0.3 is 10.6 Å². The highest BCUT2D eigenvalue weighted by molar-refractivity contribution is 5.91. The van der Waals surface area contributed by atoms with Crippen LogP contribution in [-0.4, -0.2) is 6.03 Å². The summed E-state index contributed by atoms with van der Waals surface area (Å²) in [7, 11) is 0. The van der Waals surface area contributed by atoms with E-state index in [2.05, 4.69) is 41.8 Å². The molecule has 2 aromatic rings. The first-order valence-corrected chi connectivity index (χ1v) is 7.73. The molecule has 0 radical (unpaired) electrons. The van der Waals surface area contributed by atoms with E-state index in [0.717, 1.165) is 24.1 Å². The Morgan fingerprint density at radius 3 is 2.32 bits per heavy atom. The van der Waals surface area contributed by atoms with Crippen molar-refractivity contribution in [2.75, 3.05) is 5.32 Å². The van der Waals surface area contributed by atoms with Crippen molar-refractivity contribution in [1.82, 2.24) is 5.32 Å². The van der Waals surface area contributed by atoms with E-state index in [-0.39, 0.29) is 11.6 Å². The smallest absolute Gasteiger partial charge is 0.319 e. The molecule has 1 fully saturated rings. The number of urea groups is 1. The van der Waals surface area contributed by atoms with E-state index in [1.54, 1.807) is 0 Å². The molecule has 0 atom stereocenters. The third kappa shape index (κ3) is 2.84. The van der Waals surface area contributed by atoms with Crippen LogP contribution in [-0.2, 0) is 5.54 Å². The summed E-state index contributed by atoms with van der Waals surface area (Å²) in [5.74, 6) is 0. The Hall–Kier alpha value is -2.29. The van der Waals surface area contributed by atoms with Crippen molar-refractivity contribution in [1.29, 1.82) is 0 Å². The van der Waals surface area contributed by atoms with Gasteiger partial charge in [-0.3, -0.25) is 0 Å². The molecule has 1 aliphatic carbocycles. The molecular formula is C19H22N2O. The van der Waals surface area contributed by atoms with Gasteiger partial charge in [-0.25, -0.2) is 4.79 Å². The van der Waals surface area contributed by atoms with Gasteiger partial charge in [0.2, 0.25) is 0 Å². The maximum absolute atomic E-state index is 12.3. The minimum absolute atomic E-state index is 0.133. The maximum atomic E-state index is 12.3. The molecule has 0 saturated heterocycles. The fourth-order valence-corrected chi connectivity index (χ4v) is 2.74. The molecule has 22 heavy (non-hydrogen) atoms. The van der Waals surface area contributed by atoms with Crippen LogP contribution in [0.2, 0.25) is 0 Å². The van der Waals surface area contributed by atoms with E-state index in [1.807, 2.05) is 32.0 Å². The van der Waals surface area contributed by atoms with Crippen LogP contribution in [0.1, 0.15) is 35.1 Å². The average Bonchev–Trinajstić information content (AvgIpc) is 3.25. The lowest BCUT2D eigenvalue weighted by atomic mass is 10.0. The first kappa shape index (κ1) is 14.6. The van der Waals surface area contributed by atoms with Gasteiger partial charge in [0.1, 0.15) is 0 Å². The molecule has 0 heterocycles. The van der Waals surface area contributed by atoms with Crippen molar-refractivity contribution in [3.05, 3.63) is 64.7 Å². The van der Waals surface area contributed by atoms with Gasteiger partial charge >= 0.3 is 6.03 Å². The topological polar surface area (TPSA) is 41.1 Å². The summed E-state index contributed by atoms with van der Waals surface area (Å²) in [4.78, 5) is 12.3. The molecule has 2 aromatic carbocycles. The summed E-state index contributed by atoms with van der Waals surface area (Å²) in [6, 6.07) is 14.2. The second kappa shape index (κ2) is 5.48. The molecule has 3 nitrogen and oxygen atoms in total. The Morgan fingerprint density at radius 2 is 1.68 bits per heavy atom. The molecule has 0 bridgehead atoms. The summed E-state index contributed by atoms with van der Waals surface area (Å²) in [5.41, 5.74) is 5.40. The van der Waals surface area contributed by atoms with Gasteiger partial charge in [-0.15, -0.1) is 0 Å². The van der Waals surface area contributed by atoms with Gasteiger partial charge in [-0.1, -0.05) is 42.0 Å². The van der Waals surface area contributed by atoms with Crippen molar-refractivity contribution in [3.63, 3.8) is 0 Å². The number of hydrogen-bond acceptors (Lipinski definition) is 1. The normalized spacial score (nSPS) is 15.2. The van der Waals surface area contributed by atoms with Crippen molar-refractivity contribution in [2.45, 2.75) is 39.2 Å². The number of rotatable bonds is 3. The predicted molar refractivity (Wildman–Crippen MR) is 90.2 cm³/mol.